The molecule has 8 nitrogen and oxygen atoms in total. The molecular weight excluding hydrogens is 363 g/mol. The molecule has 1 aromatic heterocycles. The Balaban J connectivity index is 1.72. The summed E-state index contributed by atoms with van der Waals surface area (Å²) in [6.07, 6.45) is 1.75. The third-order valence-electron chi connectivity index (χ3n) is 3.84. The van der Waals surface area contributed by atoms with Crippen LogP contribution in [0.3, 0.4) is 0 Å². The SMILES string of the molecule is NC(=O)c1nc(Cc2cccc(C(=O)NNc3ccccc3F)c2)cnc1N. The third-order valence-corrected chi connectivity index (χ3v) is 3.84. The first-order valence-electron chi connectivity index (χ1n) is 8.25. The summed E-state index contributed by atoms with van der Waals surface area (Å²) in [6, 6.07) is 12.7. The number of nitrogens with one attached hydrogen (secondary N) is 2. The lowest BCUT2D eigenvalue weighted by Crippen LogP contribution is -2.29. The van der Waals surface area contributed by atoms with Gasteiger partial charge in [0, 0.05) is 12.0 Å². The van der Waals surface area contributed by atoms with Crippen molar-refractivity contribution >= 4 is 23.3 Å². The van der Waals surface area contributed by atoms with Gasteiger partial charge in [-0.05, 0) is 29.8 Å². The summed E-state index contributed by atoms with van der Waals surface area (Å²) in [5, 5.41) is 0. The molecule has 0 bridgehead atoms. The normalized spacial score (nSPS) is 10.3. The van der Waals surface area contributed by atoms with Gasteiger partial charge in [0.05, 0.1) is 17.6 Å². The van der Waals surface area contributed by atoms with Crippen molar-refractivity contribution in [2.75, 3.05) is 11.2 Å². The van der Waals surface area contributed by atoms with Crippen LogP contribution in [0, 0.1) is 5.82 Å². The smallest absolute Gasteiger partial charge is 0.271 e. The summed E-state index contributed by atoms with van der Waals surface area (Å²) in [5.41, 5.74) is 17.4. The summed E-state index contributed by atoms with van der Waals surface area (Å²) >= 11 is 0. The first-order chi connectivity index (χ1) is 13.4. The molecule has 142 valence electrons. The number of carbonyl (C=O) groups is 2. The zero-order valence-corrected chi connectivity index (χ0v) is 14.6. The predicted molar refractivity (Wildman–Crippen MR) is 102 cm³/mol. The fraction of sp³-hybridized carbons (Fsp3) is 0.0526. The van der Waals surface area contributed by atoms with E-state index in [0.717, 1.165) is 5.56 Å². The van der Waals surface area contributed by atoms with Gasteiger partial charge < -0.3 is 11.5 Å². The number of nitrogen functional groups attached to an aromatic ring is 1. The Labute approximate surface area is 159 Å². The second kappa shape index (κ2) is 8.12. The van der Waals surface area contributed by atoms with Crippen LogP contribution in [0.2, 0.25) is 0 Å². The van der Waals surface area contributed by atoms with E-state index in [4.69, 9.17) is 11.5 Å². The number of primary amides is 1. The fourth-order valence-corrected chi connectivity index (χ4v) is 2.49. The summed E-state index contributed by atoms with van der Waals surface area (Å²) in [7, 11) is 0. The highest BCUT2D eigenvalue weighted by Gasteiger charge is 2.12. The maximum absolute atomic E-state index is 13.6. The molecule has 0 unspecified atom stereocenters. The minimum absolute atomic E-state index is 0.0383. The Morgan fingerprint density at radius 1 is 1.11 bits per heavy atom. The van der Waals surface area contributed by atoms with Crippen molar-refractivity contribution in [3.8, 4) is 0 Å². The molecule has 3 aromatic rings. The highest BCUT2D eigenvalue weighted by molar-refractivity contribution is 5.95. The van der Waals surface area contributed by atoms with Gasteiger partial charge in [0.15, 0.2) is 11.5 Å². The number of rotatable bonds is 6. The molecule has 0 saturated heterocycles. The van der Waals surface area contributed by atoms with Crippen LogP contribution in [-0.4, -0.2) is 21.8 Å². The number of para-hydroxylation sites is 1. The summed E-state index contributed by atoms with van der Waals surface area (Å²) in [6.45, 7) is 0. The molecule has 0 saturated carbocycles. The van der Waals surface area contributed by atoms with Gasteiger partial charge in [-0.2, -0.15) is 0 Å². The number of hydrazine groups is 1. The van der Waals surface area contributed by atoms with Crippen LogP contribution in [-0.2, 0) is 6.42 Å². The van der Waals surface area contributed by atoms with Crippen molar-refractivity contribution in [2.24, 2.45) is 5.73 Å². The molecule has 28 heavy (non-hydrogen) atoms. The highest BCUT2D eigenvalue weighted by Crippen LogP contribution is 2.14. The molecule has 3 rings (SSSR count). The first kappa shape index (κ1) is 18.8. The number of aromatic nitrogens is 2. The Morgan fingerprint density at radius 2 is 1.89 bits per heavy atom. The average molecular weight is 380 g/mol. The maximum atomic E-state index is 13.6. The van der Waals surface area contributed by atoms with E-state index in [1.807, 2.05) is 0 Å². The predicted octanol–water partition coefficient (Wildman–Crippen LogP) is 1.64. The average Bonchev–Trinajstić information content (AvgIpc) is 2.68. The lowest BCUT2D eigenvalue weighted by atomic mass is 10.1. The van der Waals surface area contributed by atoms with Crippen LogP contribution in [0.4, 0.5) is 15.9 Å². The standard InChI is InChI=1S/C19H17FN6O2/c20-14-6-1-2-7-15(14)25-26-19(28)12-5-3-4-11(8-12)9-13-10-23-17(21)16(24-13)18(22)27/h1-8,10,25H,9H2,(H2,21,23)(H2,22,27)(H,26,28). The number of nitrogens with zero attached hydrogens (tertiary/aromatic N) is 2. The minimum atomic E-state index is -0.765. The summed E-state index contributed by atoms with van der Waals surface area (Å²) < 4.78 is 13.6. The second-order valence-corrected chi connectivity index (χ2v) is 5.90. The van der Waals surface area contributed by atoms with Gasteiger partial charge in [0.2, 0.25) is 0 Å². The fourth-order valence-electron chi connectivity index (χ4n) is 2.49. The van der Waals surface area contributed by atoms with E-state index in [1.165, 1.54) is 18.3 Å². The van der Waals surface area contributed by atoms with Crippen molar-refractivity contribution in [2.45, 2.75) is 6.42 Å². The van der Waals surface area contributed by atoms with Crippen molar-refractivity contribution in [3.05, 3.63) is 83.1 Å². The number of hydrogen-bond donors (Lipinski definition) is 4. The van der Waals surface area contributed by atoms with E-state index < -0.39 is 17.6 Å². The molecule has 9 heteroatoms. The van der Waals surface area contributed by atoms with Gasteiger partial charge in [-0.1, -0.05) is 24.3 Å². The molecule has 6 N–H and O–H groups in total. The van der Waals surface area contributed by atoms with Crippen molar-refractivity contribution in [3.63, 3.8) is 0 Å². The van der Waals surface area contributed by atoms with Gasteiger partial charge in [-0.25, -0.2) is 14.4 Å². The summed E-state index contributed by atoms with van der Waals surface area (Å²) in [4.78, 5) is 31.7. The molecule has 0 fully saturated rings. The quantitative estimate of drug-likeness (QED) is 0.480. The van der Waals surface area contributed by atoms with E-state index >= 15 is 0 Å². The monoisotopic (exact) mass is 380 g/mol. The maximum Gasteiger partial charge on any atom is 0.271 e. The largest absolute Gasteiger partial charge is 0.382 e. The Hall–Kier alpha value is -4.01. The number of amides is 2. The van der Waals surface area contributed by atoms with Crippen LogP contribution in [0.25, 0.3) is 0 Å². The highest BCUT2D eigenvalue weighted by atomic mass is 19.1. The van der Waals surface area contributed by atoms with E-state index in [-0.39, 0.29) is 17.2 Å². The number of benzene rings is 2. The molecule has 0 aliphatic carbocycles. The lowest BCUT2D eigenvalue weighted by molar-refractivity contribution is 0.0960. The molecule has 0 aliphatic rings. The van der Waals surface area contributed by atoms with Gasteiger partial charge >= 0.3 is 0 Å². The van der Waals surface area contributed by atoms with Gasteiger partial charge in [-0.15, -0.1) is 0 Å². The number of carbonyl (C=O) groups excluding carboxylic acids is 2. The Kier molecular flexibility index (Phi) is 5.45. The summed E-state index contributed by atoms with van der Waals surface area (Å²) in [5.74, 6) is -1.72. The van der Waals surface area contributed by atoms with Crippen LogP contribution in [0.5, 0.6) is 0 Å². The van der Waals surface area contributed by atoms with E-state index in [2.05, 4.69) is 20.8 Å². The van der Waals surface area contributed by atoms with Crippen molar-refractivity contribution in [1.82, 2.24) is 15.4 Å². The number of nitrogens with two attached hydrogens (primary N) is 2. The molecule has 2 aromatic carbocycles. The van der Waals surface area contributed by atoms with E-state index in [1.54, 1.807) is 36.4 Å². The molecule has 0 radical (unpaired) electrons. The first-order valence-corrected chi connectivity index (χ1v) is 8.25. The Bertz CT molecular complexity index is 1040. The Morgan fingerprint density at radius 3 is 2.64 bits per heavy atom. The van der Waals surface area contributed by atoms with Crippen LogP contribution >= 0.6 is 0 Å². The zero-order valence-electron chi connectivity index (χ0n) is 14.6. The van der Waals surface area contributed by atoms with E-state index in [0.29, 0.717) is 17.7 Å². The number of anilines is 2. The van der Waals surface area contributed by atoms with Crippen molar-refractivity contribution < 1.29 is 14.0 Å². The topological polar surface area (TPSA) is 136 Å². The number of hydrogen-bond acceptors (Lipinski definition) is 6. The molecule has 2 amide bonds. The molecule has 0 spiro atoms. The number of halogens is 1. The molecule has 0 aliphatic heterocycles. The van der Waals surface area contributed by atoms with Gasteiger partial charge in [-0.3, -0.25) is 20.4 Å². The minimum Gasteiger partial charge on any atom is -0.382 e. The van der Waals surface area contributed by atoms with Crippen molar-refractivity contribution in [1.29, 1.82) is 0 Å². The molecular formula is C19H17FN6O2. The molecule has 1 heterocycles. The van der Waals surface area contributed by atoms with Gasteiger partial charge in [0.1, 0.15) is 5.82 Å². The second-order valence-electron chi connectivity index (χ2n) is 5.90. The lowest BCUT2D eigenvalue weighted by Gasteiger charge is -2.10. The van der Waals surface area contributed by atoms with Gasteiger partial charge in [0.25, 0.3) is 11.8 Å². The molecule has 0 atom stereocenters. The van der Waals surface area contributed by atoms with E-state index in [9.17, 15) is 14.0 Å². The zero-order chi connectivity index (χ0) is 20.1. The van der Waals surface area contributed by atoms with Crippen LogP contribution < -0.4 is 22.3 Å². The van der Waals surface area contributed by atoms with Crippen LogP contribution in [0.1, 0.15) is 32.1 Å². The van der Waals surface area contributed by atoms with Crippen LogP contribution in [0.15, 0.2) is 54.7 Å². The third kappa shape index (κ3) is 4.39.